The highest BCUT2D eigenvalue weighted by molar-refractivity contribution is 7.87. The first-order chi connectivity index (χ1) is 15.7. The zero-order valence-corrected chi connectivity index (χ0v) is 18.2. The maximum atomic E-state index is 12.8. The molecule has 0 radical (unpaired) electrons. The summed E-state index contributed by atoms with van der Waals surface area (Å²) in [7, 11) is -4.52. The minimum atomic E-state index is -4.52. The van der Waals surface area contributed by atoms with Gasteiger partial charge in [-0.2, -0.15) is 8.42 Å². The molecule has 0 bridgehead atoms. The Hall–Kier alpha value is -4.24. The average molecular weight is 462 g/mol. The number of nitrogens with zero attached hydrogens (tertiary/aromatic N) is 2. The van der Waals surface area contributed by atoms with Crippen molar-refractivity contribution in [3.63, 3.8) is 0 Å². The van der Waals surface area contributed by atoms with E-state index in [1.165, 1.54) is 12.1 Å². The lowest BCUT2D eigenvalue weighted by atomic mass is 10.0. The highest BCUT2D eigenvalue weighted by Gasteiger charge is 2.22. The van der Waals surface area contributed by atoms with Crippen LogP contribution in [0.4, 0.5) is 5.69 Å². The molecule has 0 spiro atoms. The molecule has 0 saturated heterocycles. The summed E-state index contributed by atoms with van der Waals surface area (Å²) in [6.07, 6.45) is 3.34. The predicted molar refractivity (Wildman–Crippen MR) is 125 cm³/mol. The lowest BCUT2D eigenvalue weighted by molar-refractivity contribution is -0.385. The third kappa shape index (κ3) is 4.68. The van der Waals surface area contributed by atoms with Gasteiger partial charge in [0, 0.05) is 18.2 Å². The number of non-ortho nitro benzene ring substituents is 1. The molecule has 0 aliphatic carbocycles. The minimum Gasteiger partial charge on any atom is -0.280 e. The van der Waals surface area contributed by atoms with E-state index in [1.807, 2.05) is 42.5 Å². The molecule has 9 heteroatoms. The van der Waals surface area contributed by atoms with Crippen molar-refractivity contribution in [2.75, 3.05) is 0 Å². The fourth-order valence-corrected chi connectivity index (χ4v) is 4.33. The molecule has 3 aromatic carbocycles. The molecule has 0 amide bonds. The predicted octanol–water partition coefficient (Wildman–Crippen LogP) is 4.21. The summed E-state index contributed by atoms with van der Waals surface area (Å²) in [5.74, 6) is 0. The summed E-state index contributed by atoms with van der Waals surface area (Å²) < 4.78 is 31.3. The van der Waals surface area contributed by atoms with Gasteiger partial charge in [0.05, 0.1) is 10.6 Å². The van der Waals surface area contributed by atoms with E-state index in [-0.39, 0.29) is 5.69 Å². The van der Waals surface area contributed by atoms with Crippen molar-refractivity contribution in [1.29, 1.82) is 0 Å². The lowest BCUT2D eigenvalue weighted by Gasteiger charge is -2.12. The topological polar surface area (TPSA) is 109 Å². The van der Waals surface area contributed by atoms with Crippen LogP contribution < -0.4 is 9.84 Å². The van der Waals surface area contributed by atoms with Crippen LogP contribution in [-0.4, -0.2) is 18.1 Å². The number of fused-ring (bicyclic) bond motifs is 1. The van der Waals surface area contributed by atoms with E-state index in [4.69, 9.17) is 4.28 Å². The van der Waals surface area contributed by atoms with Crippen LogP contribution in [0.25, 0.3) is 22.9 Å². The smallest absolute Gasteiger partial charge is 0.280 e. The van der Waals surface area contributed by atoms with Crippen LogP contribution in [0.1, 0.15) is 16.8 Å². The molecule has 0 unspecified atom stereocenters. The molecule has 1 aromatic heterocycles. The summed E-state index contributed by atoms with van der Waals surface area (Å²) in [6.45, 7) is 1.70. The Kier molecular flexibility index (Phi) is 5.80. The molecule has 0 saturated carbocycles. The number of rotatable bonds is 6. The molecule has 0 aliphatic heterocycles. The molecule has 1 heterocycles. The first kappa shape index (κ1) is 22.0. The molecular formula is C24H18N2O6S. The second-order valence-corrected chi connectivity index (χ2v) is 8.80. The Morgan fingerprint density at radius 3 is 2.45 bits per heavy atom. The van der Waals surface area contributed by atoms with Crippen LogP contribution in [-0.2, 0) is 10.1 Å². The fraction of sp³-hybridized carbons (Fsp3) is 0.0417. The average Bonchev–Trinajstić information content (AvgIpc) is 2.79. The Labute approximate surface area is 189 Å². The van der Waals surface area contributed by atoms with Crippen molar-refractivity contribution in [3.8, 4) is 0 Å². The quantitative estimate of drug-likeness (QED) is 0.314. The summed E-state index contributed by atoms with van der Waals surface area (Å²) in [5.41, 5.74) is 0.579. The SMILES string of the molecule is Cc1cc(C=Cc2cccc3ccccc23)n(OS(=O)(=O)c2cccc([N+](=O)[O-])c2)c(=O)c1. The van der Waals surface area contributed by atoms with E-state index in [9.17, 15) is 23.3 Å². The Morgan fingerprint density at radius 1 is 0.939 bits per heavy atom. The number of aryl methyl sites for hydroxylation is 1. The summed E-state index contributed by atoms with van der Waals surface area (Å²) in [5, 5.41) is 13.0. The molecule has 0 atom stereocenters. The van der Waals surface area contributed by atoms with Gasteiger partial charge >= 0.3 is 10.1 Å². The van der Waals surface area contributed by atoms with Gasteiger partial charge in [-0.15, -0.1) is 4.73 Å². The Morgan fingerprint density at radius 2 is 1.67 bits per heavy atom. The van der Waals surface area contributed by atoms with Gasteiger partial charge in [0.1, 0.15) is 4.90 Å². The zero-order valence-electron chi connectivity index (χ0n) is 17.4. The van der Waals surface area contributed by atoms with Gasteiger partial charge in [-0.25, -0.2) is 0 Å². The maximum absolute atomic E-state index is 12.8. The first-order valence-corrected chi connectivity index (χ1v) is 11.2. The number of pyridine rings is 1. The van der Waals surface area contributed by atoms with Crippen LogP contribution in [0, 0.1) is 17.0 Å². The highest BCUT2D eigenvalue weighted by atomic mass is 32.2. The largest absolute Gasteiger partial charge is 0.357 e. The third-order valence-electron chi connectivity index (χ3n) is 4.91. The van der Waals surface area contributed by atoms with Crippen molar-refractivity contribution >= 4 is 38.7 Å². The molecule has 33 heavy (non-hydrogen) atoms. The van der Waals surface area contributed by atoms with Crippen molar-refractivity contribution in [2.24, 2.45) is 0 Å². The number of aromatic nitrogens is 1. The summed E-state index contributed by atoms with van der Waals surface area (Å²) in [4.78, 5) is 22.5. The molecule has 0 N–H and O–H groups in total. The standard InChI is InChI=1S/C24H18N2O6S/c1-17-14-20(13-12-19-8-4-7-18-6-2-3-11-23(18)19)25(24(27)15-17)32-33(30,31)22-10-5-9-21(16-22)26(28)29/h2-16H,1H3. The molecule has 0 fully saturated rings. The van der Waals surface area contributed by atoms with Gasteiger partial charge in [-0.1, -0.05) is 54.6 Å². The summed E-state index contributed by atoms with van der Waals surface area (Å²) >= 11 is 0. The van der Waals surface area contributed by atoms with Gasteiger partial charge in [0.25, 0.3) is 11.2 Å². The van der Waals surface area contributed by atoms with Crippen molar-refractivity contribution < 1.29 is 17.6 Å². The molecular weight excluding hydrogens is 444 g/mol. The lowest BCUT2D eigenvalue weighted by Crippen LogP contribution is -2.32. The normalized spacial score (nSPS) is 11.7. The molecule has 4 aromatic rings. The van der Waals surface area contributed by atoms with Gasteiger partial charge in [0.15, 0.2) is 0 Å². The Bertz CT molecular complexity index is 1570. The van der Waals surface area contributed by atoms with E-state index >= 15 is 0 Å². The van der Waals surface area contributed by atoms with E-state index in [0.717, 1.165) is 34.5 Å². The number of hydrogen-bond donors (Lipinski definition) is 0. The maximum Gasteiger partial charge on any atom is 0.357 e. The number of nitro benzene ring substituents is 1. The zero-order chi connectivity index (χ0) is 23.6. The van der Waals surface area contributed by atoms with E-state index in [0.29, 0.717) is 10.3 Å². The van der Waals surface area contributed by atoms with Gasteiger partial charge in [0.2, 0.25) is 0 Å². The van der Waals surface area contributed by atoms with Crippen LogP contribution in [0.2, 0.25) is 0 Å². The summed E-state index contributed by atoms with van der Waals surface area (Å²) in [6, 6.07) is 20.8. The first-order valence-electron chi connectivity index (χ1n) is 9.83. The third-order valence-corrected chi connectivity index (χ3v) is 6.08. The van der Waals surface area contributed by atoms with Gasteiger partial charge in [-0.05, 0) is 47.0 Å². The van der Waals surface area contributed by atoms with Crippen molar-refractivity contribution in [1.82, 2.24) is 4.73 Å². The molecule has 8 nitrogen and oxygen atoms in total. The number of benzene rings is 3. The van der Waals surface area contributed by atoms with Gasteiger partial charge < -0.3 is 0 Å². The van der Waals surface area contributed by atoms with Crippen molar-refractivity contribution in [2.45, 2.75) is 11.8 Å². The fourth-order valence-electron chi connectivity index (χ4n) is 3.37. The minimum absolute atomic E-state index is 0.196. The molecule has 4 rings (SSSR count). The number of nitro groups is 1. The Balaban J connectivity index is 1.76. The van der Waals surface area contributed by atoms with Crippen LogP contribution in [0.5, 0.6) is 0 Å². The van der Waals surface area contributed by atoms with Crippen LogP contribution in [0.3, 0.4) is 0 Å². The monoisotopic (exact) mass is 462 g/mol. The van der Waals surface area contributed by atoms with E-state index < -0.39 is 31.2 Å². The van der Waals surface area contributed by atoms with Crippen LogP contribution in [0.15, 0.2) is 88.6 Å². The second-order valence-electron chi connectivity index (χ2n) is 7.28. The van der Waals surface area contributed by atoms with E-state index in [2.05, 4.69) is 0 Å². The number of hydrogen-bond acceptors (Lipinski definition) is 6. The van der Waals surface area contributed by atoms with E-state index in [1.54, 1.807) is 25.1 Å². The van der Waals surface area contributed by atoms with Gasteiger partial charge in [-0.3, -0.25) is 19.2 Å². The van der Waals surface area contributed by atoms with Crippen LogP contribution >= 0.6 is 0 Å². The molecule has 166 valence electrons. The van der Waals surface area contributed by atoms with Crippen molar-refractivity contribution in [3.05, 3.63) is 116 Å². The molecule has 0 aliphatic rings. The second kappa shape index (κ2) is 8.71. The highest BCUT2D eigenvalue weighted by Crippen LogP contribution is 2.21.